The van der Waals surface area contributed by atoms with E-state index in [1.165, 1.54) is 0 Å². The highest BCUT2D eigenvalue weighted by atomic mass is 32.2. The second-order valence-corrected chi connectivity index (χ2v) is 14.0. The van der Waals surface area contributed by atoms with Crippen LogP contribution in [0.2, 0.25) is 0 Å². The lowest BCUT2D eigenvalue weighted by molar-refractivity contribution is -0.268. The molecule has 0 aliphatic carbocycles. The van der Waals surface area contributed by atoms with Crippen molar-refractivity contribution >= 4 is 17.8 Å². The molecule has 1 aliphatic heterocycles. The molecule has 8 nitrogen and oxygen atoms in total. The maximum atomic E-state index is 11.9. The van der Waals surface area contributed by atoms with Crippen molar-refractivity contribution in [1.29, 1.82) is 0 Å². The number of benzene rings is 5. The minimum absolute atomic E-state index is 0.00547. The molecular formula is C44H43N3O5S. The van der Waals surface area contributed by atoms with Crippen molar-refractivity contribution in [3.63, 3.8) is 0 Å². The molecule has 0 unspecified atom stereocenters. The number of hydrogen-bond acceptors (Lipinski definition) is 7. The maximum absolute atomic E-state index is 11.9. The van der Waals surface area contributed by atoms with Gasteiger partial charge in [0, 0.05) is 41.5 Å². The molecule has 1 aliphatic rings. The fraction of sp³-hybridized carbons (Fsp3) is 0.227. The number of aromatic nitrogens is 1. The van der Waals surface area contributed by atoms with Gasteiger partial charge >= 0.3 is 6.03 Å². The van der Waals surface area contributed by atoms with Crippen LogP contribution in [0.1, 0.15) is 48.5 Å². The molecule has 2 heterocycles. The van der Waals surface area contributed by atoms with Gasteiger partial charge in [-0.25, -0.2) is 9.78 Å². The van der Waals surface area contributed by atoms with Gasteiger partial charge in [0.2, 0.25) is 0 Å². The van der Waals surface area contributed by atoms with E-state index in [9.17, 15) is 9.90 Å². The van der Waals surface area contributed by atoms with E-state index in [0.717, 1.165) is 56.0 Å². The summed E-state index contributed by atoms with van der Waals surface area (Å²) in [6.07, 6.45) is -1.04. The number of oxazole rings is 1. The maximum Gasteiger partial charge on any atom is 0.315 e. The first-order valence-corrected chi connectivity index (χ1v) is 18.9. The Kier molecular flexibility index (Phi) is 11.7. The fourth-order valence-corrected chi connectivity index (χ4v) is 7.49. The Bertz CT molecular complexity index is 2030. The Morgan fingerprint density at radius 3 is 2.11 bits per heavy atom. The van der Waals surface area contributed by atoms with Crippen molar-refractivity contribution in [3.05, 3.63) is 156 Å². The zero-order chi connectivity index (χ0) is 36.6. The minimum atomic E-state index is -0.606. The van der Waals surface area contributed by atoms with Crippen molar-refractivity contribution < 1.29 is 23.8 Å². The van der Waals surface area contributed by atoms with Crippen molar-refractivity contribution in [2.75, 3.05) is 12.3 Å². The first-order chi connectivity index (χ1) is 26.0. The highest BCUT2D eigenvalue weighted by molar-refractivity contribution is 7.99. The minimum Gasteiger partial charge on any atom is -0.431 e. The van der Waals surface area contributed by atoms with E-state index in [1.807, 2.05) is 104 Å². The molecule has 1 saturated heterocycles. The summed E-state index contributed by atoms with van der Waals surface area (Å²) in [5.41, 5.74) is 8.68. The Labute approximate surface area is 314 Å². The number of nitrogens with one attached hydrogen (secondary N) is 2. The standard InChI is InChI=1S/C44H43N3O5S/c1-3-45-43(49)46-26-31-11-10-16-37(25-31)32-21-23-36(24-22-32)42-50-38(29(2)40(51-42)35-19-17-30(27-48)18-20-35)28-53-44-47-39(33-12-6-4-7-13-33)41(52-44)34-14-8-5-9-15-34/h4-25,29,38,40,42,48H,3,26-28H2,1-2H3,(H2,45,46,49)/t29-,38+,40+,42+/m1/s1. The van der Waals surface area contributed by atoms with Crippen LogP contribution in [0.4, 0.5) is 4.79 Å². The molecule has 4 atom stereocenters. The third-order valence-corrected chi connectivity index (χ3v) is 10.3. The lowest BCUT2D eigenvalue weighted by atomic mass is 9.91. The number of nitrogens with zero attached hydrogens (tertiary/aromatic N) is 1. The first kappa shape index (κ1) is 36.2. The van der Waals surface area contributed by atoms with Gasteiger partial charge in [-0.3, -0.25) is 0 Å². The van der Waals surface area contributed by atoms with Crippen LogP contribution in [0.15, 0.2) is 143 Å². The van der Waals surface area contributed by atoms with Crippen LogP contribution in [-0.4, -0.2) is 34.5 Å². The van der Waals surface area contributed by atoms with Gasteiger partial charge in [0.15, 0.2) is 12.1 Å². The van der Waals surface area contributed by atoms with Gasteiger partial charge in [-0.2, -0.15) is 0 Å². The van der Waals surface area contributed by atoms with E-state index in [0.29, 0.717) is 24.1 Å². The average Bonchev–Trinajstić information content (AvgIpc) is 3.65. The second kappa shape index (κ2) is 17.1. The average molecular weight is 726 g/mol. The lowest BCUT2D eigenvalue weighted by Crippen LogP contribution is -2.38. The SMILES string of the molecule is CCNC(=O)NCc1cccc(-c2ccc([C@H]3O[C@@H](CSc4nc(-c5ccccc5)c(-c5ccccc5)o4)[C@@H](C)[C@@H](c4ccc(CO)cc4)O3)cc2)c1. The van der Waals surface area contributed by atoms with Crippen molar-refractivity contribution in [3.8, 4) is 33.7 Å². The molecule has 1 fully saturated rings. The van der Waals surface area contributed by atoms with Crippen LogP contribution < -0.4 is 10.6 Å². The summed E-state index contributed by atoms with van der Waals surface area (Å²) in [6.45, 7) is 5.05. The molecule has 0 radical (unpaired) electrons. The zero-order valence-corrected chi connectivity index (χ0v) is 30.6. The molecule has 0 spiro atoms. The molecule has 5 aromatic carbocycles. The monoisotopic (exact) mass is 725 g/mol. The van der Waals surface area contributed by atoms with Crippen molar-refractivity contribution in [2.45, 2.75) is 50.7 Å². The fourth-order valence-electron chi connectivity index (χ4n) is 6.50. The number of aliphatic hydroxyl groups is 1. The number of urea groups is 1. The van der Waals surface area contributed by atoms with E-state index < -0.39 is 6.29 Å². The summed E-state index contributed by atoms with van der Waals surface area (Å²) in [6, 6.07) is 44.4. The molecule has 270 valence electrons. The van der Waals surface area contributed by atoms with E-state index in [2.05, 4.69) is 54.0 Å². The molecular weight excluding hydrogens is 683 g/mol. The highest BCUT2D eigenvalue weighted by Gasteiger charge is 2.38. The summed E-state index contributed by atoms with van der Waals surface area (Å²) in [5, 5.41) is 15.9. The number of thioether (sulfide) groups is 1. The van der Waals surface area contributed by atoms with Gasteiger partial charge in [-0.05, 0) is 40.8 Å². The molecule has 6 aromatic rings. The number of amides is 2. The summed E-state index contributed by atoms with van der Waals surface area (Å²) in [4.78, 5) is 16.9. The van der Waals surface area contributed by atoms with Gasteiger partial charge < -0.3 is 29.6 Å². The number of hydrogen-bond donors (Lipinski definition) is 3. The summed E-state index contributed by atoms with van der Waals surface area (Å²) in [7, 11) is 0. The van der Waals surface area contributed by atoms with E-state index in [1.54, 1.807) is 11.8 Å². The smallest absolute Gasteiger partial charge is 0.315 e. The first-order valence-electron chi connectivity index (χ1n) is 17.9. The molecule has 0 bridgehead atoms. The molecule has 0 saturated carbocycles. The summed E-state index contributed by atoms with van der Waals surface area (Å²) < 4.78 is 19.9. The third kappa shape index (κ3) is 8.72. The van der Waals surface area contributed by atoms with Gasteiger partial charge in [-0.1, -0.05) is 146 Å². The molecule has 9 heteroatoms. The predicted molar refractivity (Wildman–Crippen MR) is 209 cm³/mol. The third-order valence-electron chi connectivity index (χ3n) is 9.42. The molecule has 7 rings (SSSR count). The molecule has 3 N–H and O–H groups in total. The number of carbonyl (C=O) groups is 1. The van der Waals surface area contributed by atoms with Crippen molar-refractivity contribution in [2.24, 2.45) is 5.92 Å². The largest absolute Gasteiger partial charge is 0.431 e. The Morgan fingerprint density at radius 1 is 0.736 bits per heavy atom. The second-order valence-electron chi connectivity index (χ2n) is 13.1. The number of rotatable bonds is 12. The Balaban J connectivity index is 1.12. The number of aliphatic hydroxyl groups excluding tert-OH is 1. The lowest BCUT2D eigenvalue weighted by Gasteiger charge is -2.41. The summed E-state index contributed by atoms with van der Waals surface area (Å²) in [5.74, 6) is 1.35. The van der Waals surface area contributed by atoms with Crippen LogP contribution in [0, 0.1) is 5.92 Å². The van der Waals surface area contributed by atoms with Crippen molar-refractivity contribution in [1.82, 2.24) is 15.6 Å². The molecule has 53 heavy (non-hydrogen) atoms. The van der Waals surface area contributed by atoms with Gasteiger partial charge in [0.1, 0.15) is 5.69 Å². The van der Waals surface area contributed by atoms with Crippen LogP contribution in [-0.2, 0) is 22.6 Å². The normalized spacial score (nSPS) is 18.4. The highest BCUT2D eigenvalue weighted by Crippen LogP contribution is 2.44. The van der Waals surface area contributed by atoms with E-state index in [4.69, 9.17) is 18.9 Å². The molecule has 2 amide bonds. The van der Waals surface area contributed by atoms with Gasteiger partial charge in [0.05, 0.1) is 18.8 Å². The van der Waals surface area contributed by atoms with Crippen LogP contribution >= 0.6 is 11.8 Å². The quantitative estimate of drug-likeness (QED) is 0.108. The van der Waals surface area contributed by atoms with Gasteiger partial charge in [0.25, 0.3) is 5.22 Å². The zero-order valence-electron chi connectivity index (χ0n) is 29.8. The van der Waals surface area contributed by atoms with Gasteiger partial charge in [-0.15, -0.1) is 0 Å². The molecule has 1 aromatic heterocycles. The topological polar surface area (TPSA) is 106 Å². The van der Waals surface area contributed by atoms with Crippen LogP contribution in [0.25, 0.3) is 33.7 Å². The number of carbonyl (C=O) groups excluding carboxylic acids is 1. The van der Waals surface area contributed by atoms with Crippen LogP contribution in [0.3, 0.4) is 0 Å². The Hall–Kier alpha value is -5.19. The van der Waals surface area contributed by atoms with E-state index in [-0.39, 0.29) is 30.8 Å². The predicted octanol–water partition coefficient (Wildman–Crippen LogP) is 9.57. The Morgan fingerprint density at radius 2 is 1.42 bits per heavy atom. The van der Waals surface area contributed by atoms with Crippen LogP contribution in [0.5, 0.6) is 0 Å². The van der Waals surface area contributed by atoms with E-state index >= 15 is 0 Å². The number of ether oxygens (including phenoxy) is 2. The summed E-state index contributed by atoms with van der Waals surface area (Å²) >= 11 is 1.54.